The van der Waals surface area contributed by atoms with Gasteiger partial charge in [-0.25, -0.2) is 0 Å². The van der Waals surface area contributed by atoms with Crippen molar-refractivity contribution in [2.24, 2.45) is 0 Å². The average molecular weight is 308 g/mol. The summed E-state index contributed by atoms with van der Waals surface area (Å²) in [4.78, 5) is 4.83. The number of pyridine rings is 1. The minimum atomic E-state index is 0.899. The normalized spacial score (nSPS) is 11.8. The number of benzene rings is 3. The Labute approximate surface area is 140 Å². The number of aromatic nitrogens is 1. The van der Waals surface area contributed by atoms with Crippen LogP contribution in [-0.4, -0.2) is 4.98 Å². The van der Waals surface area contributed by atoms with Crippen LogP contribution in [0.4, 0.5) is 11.4 Å². The van der Waals surface area contributed by atoms with E-state index in [2.05, 4.69) is 78.1 Å². The van der Waals surface area contributed by atoms with Gasteiger partial charge in [0.25, 0.3) is 0 Å². The van der Waals surface area contributed by atoms with E-state index in [1.807, 2.05) is 6.20 Å². The molecule has 0 fully saturated rings. The Morgan fingerprint density at radius 2 is 1.54 bits per heavy atom. The Kier molecular flexibility index (Phi) is 2.89. The molecule has 114 valence electrons. The lowest BCUT2D eigenvalue weighted by atomic mass is 9.93. The minimum absolute atomic E-state index is 0.899. The van der Waals surface area contributed by atoms with E-state index in [4.69, 9.17) is 4.98 Å². The summed E-state index contributed by atoms with van der Waals surface area (Å²) in [6.07, 6.45) is 2.94. The van der Waals surface area contributed by atoms with Crippen LogP contribution >= 0.6 is 0 Å². The molecule has 1 aliphatic heterocycles. The second-order valence-corrected chi connectivity index (χ2v) is 6.19. The van der Waals surface area contributed by atoms with Gasteiger partial charge in [0.05, 0.1) is 5.69 Å². The fraction of sp³-hybridized carbons (Fsp3) is 0.0455. The number of hydrogen-bond donors (Lipinski definition) is 1. The Bertz CT molecular complexity index is 1050. The third-order valence-corrected chi connectivity index (χ3v) is 4.69. The topological polar surface area (TPSA) is 24.9 Å². The Morgan fingerprint density at radius 1 is 0.750 bits per heavy atom. The van der Waals surface area contributed by atoms with E-state index in [9.17, 15) is 0 Å². The van der Waals surface area contributed by atoms with E-state index in [0.29, 0.717) is 0 Å². The number of anilines is 2. The van der Waals surface area contributed by atoms with Crippen molar-refractivity contribution >= 4 is 22.1 Å². The fourth-order valence-electron chi connectivity index (χ4n) is 3.56. The molecule has 5 rings (SSSR count). The monoisotopic (exact) mass is 308 g/mol. The summed E-state index contributed by atoms with van der Waals surface area (Å²) in [6, 6.07) is 25.4. The molecule has 2 heteroatoms. The van der Waals surface area contributed by atoms with Gasteiger partial charge in [-0.05, 0) is 35.1 Å². The molecule has 0 aliphatic carbocycles. The van der Waals surface area contributed by atoms with Crippen LogP contribution in [0.5, 0.6) is 0 Å². The summed E-state index contributed by atoms with van der Waals surface area (Å²) in [5.41, 5.74) is 7.09. The van der Waals surface area contributed by atoms with Crippen LogP contribution < -0.4 is 5.32 Å². The summed E-state index contributed by atoms with van der Waals surface area (Å²) in [7, 11) is 0. The molecule has 0 saturated heterocycles. The molecule has 2 nitrogen and oxygen atoms in total. The van der Waals surface area contributed by atoms with Gasteiger partial charge in [-0.15, -0.1) is 0 Å². The first-order chi connectivity index (χ1) is 11.9. The quantitative estimate of drug-likeness (QED) is 0.462. The summed E-state index contributed by atoms with van der Waals surface area (Å²) in [6.45, 7) is 0. The van der Waals surface area contributed by atoms with Crippen LogP contribution in [0.15, 0.2) is 79.0 Å². The van der Waals surface area contributed by atoms with E-state index >= 15 is 0 Å². The Hall–Kier alpha value is -3.13. The molecule has 0 amide bonds. The number of fused-ring (bicyclic) bond motifs is 2. The first-order valence-corrected chi connectivity index (χ1v) is 8.21. The second kappa shape index (κ2) is 5.20. The maximum Gasteiger partial charge on any atom is 0.0822 e. The van der Waals surface area contributed by atoms with Crippen LogP contribution in [0.3, 0.4) is 0 Å². The number of rotatable bonds is 2. The number of nitrogens with one attached hydrogen (secondary N) is 1. The molecule has 0 atom stereocenters. The lowest BCUT2D eigenvalue weighted by Gasteiger charge is -2.22. The SMILES string of the molecule is c1ccc(Cc2cnc3c4c(cccc24)Nc2ccccc2-3)cc1. The molecule has 0 spiro atoms. The zero-order valence-corrected chi connectivity index (χ0v) is 13.2. The van der Waals surface area contributed by atoms with Crippen LogP contribution in [0.1, 0.15) is 11.1 Å². The molecule has 0 unspecified atom stereocenters. The predicted molar refractivity (Wildman–Crippen MR) is 99.7 cm³/mol. The summed E-state index contributed by atoms with van der Waals surface area (Å²) in [5.74, 6) is 0. The molecular weight excluding hydrogens is 292 g/mol. The van der Waals surface area contributed by atoms with E-state index < -0.39 is 0 Å². The summed E-state index contributed by atoms with van der Waals surface area (Å²) >= 11 is 0. The van der Waals surface area contributed by atoms with Crippen molar-refractivity contribution in [2.75, 3.05) is 5.32 Å². The van der Waals surface area contributed by atoms with Crippen molar-refractivity contribution in [1.82, 2.24) is 4.98 Å². The maximum atomic E-state index is 4.83. The second-order valence-electron chi connectivity index (χ2n) is 6.19. The highest BCUT2D eigenvalue weighted by Crippen LogP contribution is 2.43. The molecule has 1 aliphatic rings. The van der Waals surface area contributed by atoms with Crippen LogP contribution in [-0.2, 0) is 6.42 Å². The van der Waals surface area contributed by atoms with E-state index in [0.717, 1.165) is 23.5 Å². The zero-order chi connectivity index (χ0) is 15.9. The number of para-hydroxylation sites is 1. The number of hydrogen-bond acceptors (Lipinski definition) is 2. The summed E-state index contributed by atoms with van der Waals surface area (Å²) in [5, 5.41) is 6.06. The molecule has 3 aromatic carbocycles. The van der Waals surface area contributed by atoms with E-state index in [1.54, 1.807) is 0 Å². The van der Waals surface area contributed by atoms with Crippen molar-refractivity contribution < 1.29 is 0 Å². The van der Waals surface area contributed by atoms with Gasteiger partial charge < -0.3 is 5.32 Å². The highest BCUT2D eigenvalue weighted by molar-refractivity contribution is 6.10. The van der Waals surface area contributed by atoms with Gasteiger partial charge >= 0.3 is 0 Å². The molecule has 2 heterocycles. The molecule has 0 saturated carbocycles. The molecule has 1 N–H and O–H groups in total. The van der Waals surface area contributed by atoms with Crippen LogP contribution in [0.25, 0.3) is 22.0 Å². The van der Waals surface area contributed by atoms with Crippen LogP contribution in [0, 0.1) is 0 Å². The van der Waals surface area contributed by atoms with E-state index in [1.165, 1.54) is 27.5 Å². The standard InChI is InChI=1S/C22H16N2/c1-2-7-15(8-3-1)13-16-14-23-22-18-9-4-5-11-19(18)24-20-12-6-10-17(16)21(20)22/h1-12,14,24H,13H2. The Balaban J connectivity index is 1.74. The molecule has 0 radical (unpaired) electrons. The summed E-state index contributed by atoms with van der Waals surface area (Å²) < 4.78 is 0. The third-order valence-electron chi connectivity index (χ3n) is 4.69. The molecule has 1 aromatic heterocycles. The first-order valence-electron chi connectivity index (χ1n) is 8.21. The molecule has 24 heavy (non-hydrogen) atoms. The first kappa shape index (κ1) is 13.3. The van der Waals surface area contributed by atoms with E-state index in [-0.39, 0.29) is 0 Å². The molecular formula is C22H16N2. The fourth-order valence-corrected chi connectivity index (χ4v) is 3.56. The Morgan fingerprint density at radius 3 is 2.46 bits per heavy atom. The van der Waals surface area contributed by atoms with Gasteiger partial charge in [0, 0.05) is 28.5 Å². The highest BCUT2D eigenvalue weighted by atomic mass is 14.9. The third kappa shape index (κ3) is 2.00. The van der Waals surface area contributed by atoms with Gasteiger partial charge in [-0.3, -0.25) is 4.98 Å². The van der Waals surface area contributed by atoms with Gasteiger partial charge in [0.1, 0.15) is 0 Å². The molecule has 4 aromatic rings. The van der Waals surface area contributed by atoms with Crippen molar-refractivity contribution in [1.29, 1.82) is 0 Å². The van der Waals surface area contributed by atoms with Crippen molar-refractivity contribution in [2.45, 2.75) is 6.42 Å². The lowest BCUT2D eigenvalue weighted by Crippen LogP contribution is -2.04. The van der Waals surface area contributed by atoms with Crippen molar-refractivity contribution in [3.63, 3.8) is 0 Å². The largest absolute Gasteiger partial charge is 0.354 e. The van der Waals surface area contributed by atoms with Crippen molar-refractivity contribution in [3.8, 4) is 11.3 Å². The average Bonchev–Trinajstić information content (AvgIpc) is 2.64. The minimum Gasteiger partial charge on any atom is -0.354 e. The maximum absolute atomic E-state index is 4.83. The lowest BCUT2D eigenvalue weighted by molar-refractivity contribution is 1.17. The highest BCUT2D eigenvalue weighted by Gasteiger charge is 2.20. The van der Waals surface area contributed by atoms with Gasteiger partial charge in [-0.1, -0.05) is 60.7 Å². The zero-order valence-electron chi connectivity index (χ0n) is 13.2. The smallest absolute Gasteiger partial charge is 0.0822 e. The molecule has 0 bridgehead atoms. The van der Waals surface area contributed by atoms with Crippen molar-refractivity contribution in [3.05, 3.63) is 90.1 Å². The van der Waals surface area contributed by atoms with Crippen LogP contribution in [0.2, 0.25) is 0 Å². The van der Waals surface area contributed by atoms with Gasteiger partial charge in [-0.2, -0.15) is 0 Å². The van der Waals surface area contributed by atoms with Gasteiger partial charge in [0.15, 0.2) is 0 Å². The number of nitrogens with zero attached hydrogens (tertiary/aromatic N) is 1. The predicted octanol–water partition coefficient (Wildman–Crippen LogP) is 5.55. The van der Waals surface area contributed by atoms with Gasteiger partial charge in [0.2, 0.25) is 0 Å².